The van der Waals surface area contributed by atoms with Crippen LogP contribution in [0.2, 0.25) is 0 Å². The van der Waals surface area contributed by atoms with Crippen LogP contribution in [-0.2, 0) is 9.31 Å². The Morgan fingerprint density at radius 3 is 2.33 bits per heavy atom. The van der Waals surface area contributed by atoms with Crippen molar-refractivity contribution >= 4 is 12.6 Å². The maximum Gasteiger partial charge on any atom is 0.494 e. The number of rotatable bonds is 1. The van der Waals surface area contributed by atoms with Crippen LogP contribution >= 0.6 is 0 Å². The normalized spacial score (nSPS) is 26.3. The summed E-state index contributed by atoms with van der Waals surface area (Å²) in [6.07, 6.45) is 0. The van der Waals surface area contributed by atoms with Gasteiger partial charge in [-0.05, 0) is 52.1 Å². The first-order chi connectivity index (χ1) is 10.7. The van der Waals surface area contributed by atoms with Crippen molar-refractivity contribution in [3.63, 3.8) is 0 Å². The molecule has 1 heterocycles. The van der Waals surface area contributed by atoms with Gasteiger partial charge in [0.1, 0.15) is 0 Å². The second-order valence-corrected chi connectivity index (χ2v) is 5.24. The summed E-state index contributed by atoms with van der Waals surface area (Å²) in [5.74, 6) is 0. The van der Waals surface area contributed by atoms with Crippen molar-refractivity contribution in [1.29, 1.82) is 5.26 Å². The first kappa shape index (κ1) is 7.32. The molecule has 1 aromatic rings. The Hall–Kier alpha value is -1.31. The lowest BCUT2D eigenvalue weighted by atomic mass is 9.77. The number of nitriles is 1. The van der Waals surface area contributed by atoms with E-state index in [-0.39, 0.29) is 5.46 Å². The summed E-state index contributed by atoms with van der Waals surface area (Å²) in [5, 5.41) is 9.24. The molecule has 1 saturated heterocycles. The summed E-state index contributed by atoms with van der Waals surface area (Å²) in [6, 6.07) is 0.156. The van der Waals surface area contributed by atoms with Crippen LogP contribution in [0.1, 0.15) is 47.0 Å². The molecule has 1 aliphatic rings. The Morgan fingerprint density at radius 1 is 1.22 bits per heavy atom. The second kappa shape index (κ2) is 4.12. The van der Waals surface area contributed by atoms with Crippen molar-refractivity contribution in [2.24, 2.45) is 0 Å². The number of nitrogens with zero attached hydrogens (tertiary/aromatic N) is 1. The van der Waals surface area contributed by atoms with Gasteiger partial charge in [0.05, 0.1) is 26.9 Å². The van der Waals surface area contributed by atoms with Crippen LogP contribution < -0.4 is 5.46 Å². The van der Waals surface area contributed by atoms with E-state index in [4.69, 9.17) is 17.5 Å². The largest absolute Gasteiger partial charge is 0.494 e. The Labute approximate surface area is 117 Å². The Balaban J connectivity index is 2.75. The predicted molar refractivity (Wildman–Crippen MR) is 71.6 cm³/mol. The average Bonchev–Trinajstić information content (AvgIpc) is 2.56. The van der Waals surface area contributed by atoms with Crippen LogP contribution in [0.3, 0.4) is 0 Å². The lowest BCUT2D eigenvalue weighted by Crippen LogP contribution is -2.41. The molecule has 4 heteroatoms. The Morgan fingerprint density at radius 2 is 1.83 bits per heavy atom. The topological polar surface area (TPSA) is 42.2 Å². The monoisotopic (exact) mass is 249 g/mol. The molecule has 1 fully saturated rings. The van der Waals surface area contributed by atoms with E-state index in [1.807, 2.05) is 0 Å². The van der Waals surface area contributed by atoms with E-state index in [1.54, 1.807) is 33.8 Å². The van der Waals surface area contributed by atoms with Crippen molar-refractivity contribution in [3.05, 3.63) is 29.3 Å². The van der Waals surface area contributed by atoms with Gasteiger partial charge < -0.3 is 9.31 Å². The predicted octanol–water partition coefficient (Wildman–Crippen LogP) is 2.17. The summed E-state index contributed by atoms with van der Waals surface area (Å²) in [4.78, 5) is 0. The molecule has 0 spiro atoms. The first-order valence-corrected chi connectivity index (χ1v) is 5.64. The van der Waals surface area contributed by atoms with Gasteiger partial charge in [-0.2, -0.15) is 5.26 Å². The zero-order valence-electron chi connectivity index (χ0n) is 16.8. The summed E-state index contributed by atoms with van der Waals surface area (Å²) in [7, 11) is -1.15. The minimum Gasteiger partial charge on any atom is -0.399 e. The molecule has 3 nitrogen and oxygen atoms in total. The fourth-order valence-electron chi connectivity index (χ4n) is 1.62. The molecule has 0 aromatic heterocycles. The lowest BCUT2D eigenvalue weighted by molar-refractivity contribution is 0.00578. The number of hydrogen-bond acceptors (Lipinski definition) is 3. The Kier molecular flexibility index (Phi) is 1.67. The van der Waals surface area contributed by atoms with Crippen LogP contribution in [0.25, 0.3) is 0 Å². The van der Waals surface area contributed by atoms with Crippen LogP contribution in [0.15, 0.2) is 18.1 Å². The van der Waals surface area contributed by atoms with Gasteiger partial charge in [-0.3, -0.25) is 0 Å². The minimum atomic E-state index is -2.76. The Bertz CT molecular complexity index is 722. The average molecular weight is 249 g/mol. The van der Waals surface area contributed by atoms with E-state index in [2.05, 4.69) is 0 Å². The fourth-order valence-corrected chi connectivity index (χ4v) is 1.62. The zero-order chi connectivity index (χ0) is 18.7. The van der Waals surface area contributed by atoms with Crippen LogP contribution in [0.5, 0.6) is 0 Å². The quantitative estimate of drug-likeness (QED) is 0.716. The van der Waals surface area contributed by atoms with Gasteiger partial charge in [0.15, 0.2) is 0 Å². The smallest absolute Gasteiger partial charge is 0.399 e. The first-order valence-electron chi connectivity index (χ1n) is 8.64. The molecule has 0 unspecified atom stereocenters. The third kappa shape index (κ3) is 2.16. The van der Waals surface area contributed by atoms with Crippen molar-refractivity contribution < 1.29 is 17.5 Å². The molecule has 0 bridgehead atoms. The van der Waals surface area contributed by atoms with Gasteiger partial charge in [-0.1, -0.05) is 11.6 Å². The van der Waals surface area contributed by atoms with Crippen LogP contribution in [0, 0.1) is 18.2 Å². The lowest BCUT2D eigenvalue weighted by Gasteiger charge is -2.32. The van der Waals surface area contributed by atoms with Crippen molar-refractivity contribution in [1.82, 2.24) is 0 Å². The summed E-state index contributed by atoms with van der Waals surface area (Å²) >= 11 is 0. The number of hydrogen-bond donors (Lipinski definition) is 0. The van der Waals surface area contributed by atoms with Crippen molar-refractivity contribution in [2.75, 3.05) is 0 Å². The van der Waals surface area contributed by atoms with E-state index in [9.17, 15) is 5.26 Å². The van der Waals surface area contributed by atoms with E-state index in [1.165, 1.54) is 0 Å². The minimum absolute atomic E-state index is 0.132. The van der Waals surface area contributed by atoms with E-state index in [0.717, 1.165) is 0 Å². The molecule has 0 aliphatic carbocycles. The van der Waals surface area contributed by atoms with Crippen molar-refractivity contribution in [3.8, 4) is 6.07 Å². The third-order valence-corrected chi connectivity index (χ3v) is 3.37. The summed E-state index contributed by atoms with van der Waals surface area (Å²) < 4.78 is 58.5. The summed E-state index contributed by atoms with van der Waals surface area (Å²) in [5.41, 5.74) is -2.60. The molecule has 94 valence electrons. The molecule has 0 amide bonds. The molecule has 2 rings (SSSR count). The molecule has 0 atom stereocenters. The van der Waals surface area contributed by atoms with E-state index >= 15 is 0 Å². The molecule has 0 N–H and O–H groups in total. The van der Waals surface area contributed by atoms with E-state index < -0.39 is 54.4 Å². The standard InChI is InChI=1S/C14H18BNO2/c1-10-6-11(9-16)8-12(7-10)15-17-13(2,3)14(4,5)18-15/h6-8H,1-5H3/i1D3,6D,7D,8D. The fraction of sp³-hybridized carbons (Fsp3) is 0.500. The SMILES string of the molecule is [2H]c1c(C#N)c([2H])c(C([2H])([2H])[2H])c([2H])c1B1OC(C)(C)C(C)(C)O1. The highest BCUT2D eigenvalue weighted by Gasteiger charge is 2.51. The molecular formula is C14H18BNO2. The van der Waals surface area contributed by atoms with Gasteiger partial charge in [0.25, 0.3) is 0 Å². The maximum atomic E-state index is 9.24. The molecule has 1 aliphatic heterocycles. The highest BCUT2D eigenvalue weighted by atomic mass is 16.7. The molecular weight excluding hydrogens is 225 g/mol. The van der Waals surface area contributed by atoms with Gasteiger partial charge in [0.2, 0.25) is 0 Å². The zero-order valence-corrected chi connectivity index (χ0v) is 10.8. The molecule has 18 heavy (non-hydrogen) atoms. The third-order valence-electron chi connectivity index (χ3n) is 3.37. The van der Waals surface area contributed by atoms with Crippen LogP contribution in [-0.4, -0.2) is 18.3 Å². The van der Waals surface area contributed by atoms with Gasteiger partial charge >= 0.3 is 7.12 Å². The van der Waals surface area contributed by atoms with Gasteiger partial charge in [-0.25, -0.2) is 0 Å². The van der Waals surface area contributed by atoms with Gasteiger partial charge in [0, 0.05) is 4.11 Å². The second-order valence-electron chi connectivity index (χ2n) is 5.24. The van der Waals surface area contributed by atoms with Crippen LogP contribution in [0.4, 0.5) is 0 Å². The molecule has 0 radical (unpaired) electrons. The summed E-state index contributed by atoms with van der Waals surface area (Å²) in [6.45, 7) is 4.39. The highest BCUT2D eigenvalue weighted by Crippen LogP contribution is 2.36. The maximum absolute atomic E-state index is 9.24. The highest BCUT2D eigenvalue weighted by molar-refractivity contribution is 6.62. The molecule has 1 aromatic carbocycles. The van der Waals surface area contributed by atoms with Gasteiger partial charge in [-0.15, -0.1) is 0 Å². The van der Waals surface area contributed by atoms with E-state index in [0.29, 0.717) is 0 Å². The van der Waals surface area contributed by atoms with Crippen molar-refractivity contribution in [2.45, 2.75) is 45.7 Å². The number of benzene rings is 1. The molecule has 0 saturated carbocycles.